The molecule has 0 spiro atoms. The predicted molar refractivity (Wildman–Crippen MR) is 101 cm³/mol. The number of nitrogens with one attached hydrogen (secondary N) is 1. The third kappa shape index (κ3) is 3.28. The minimum Gasteiger partial charge on any atom is -0.331 e. The first-order valence-electron chi connectivity index (χ1n) is 8.25. The van der Waals surface area contributed by atoms with E-state index in [1.165, 1.54) is 25.0 Å². The van der Waals surface area contributed by atoms with Crippen LogP contribution in [0.4, 0.5) is 4.39 Å². The Balaban J connectivity index is 1.58. The molecule has 4 rings (SSSR count). The molecular formula is C18H17BrFN3O2S. The molecule has 0 aliphatic heterocycles. The van der Waals surface area contributed by atoms with Crippen molar-refractivity contribution in [2.75, 3.05) is 0 Å². The summed E-state index contributed by atoms with van der Waals surface area (Å²) in [6.07, 6.45) is 2.34. The van der Waals surface area contributed by atoms with Crippen LogP contribution in [0.3, 0.4) is 0 Å². The zero-order valence-corrected chi connectivity index (χ0v) is 16.4. The lowest BCUT2D eigenvalue weighted by atomic mass is 10.2. The molecule has 1 N–H and O–H groups in total. The number of hydrogen-bond acceptors (Lipinski definition) is 3. The molecule has 1 saturated carbocycles. The van der Waals surface area contributed by atoms with Crippen molar-refractivity contribution in [3.8, 4) is 0 Å². The Morgan fingerprint density at radius 2 is 2.04 bits per heavy atom. The SMILES string of the molecule is Cn1c(C2CC2)nc2cc(CNS(=O)(=O)c3cc(Br)ccc3F)ccc21. The Morgan fingerprint density at radius 3 is 2.77 bits per heavy atom. The molecule has 0 amide bonds. The lowest BCUT2D eigenvalue weighted by Crippen LogP contribution is -2.24. The van der Waals surface area contributed by atoms with Gasteiger partial charge in [-0.15, -0.1) is 0 Å². The van der Waals surface area contributed by atoms with Gasteiger partial charge in [-0.05, 0) is 48.7 Å². The Kier molecular flexibility index (Phi) is 4.37. The molecule has 5 nitrogen and oxygen atoms in total. The zero-order chi connectivity index (χ0) is 18.5. The number of nitrogens with zero attached hydrogens (tertiary/aromatic N) is 2. The van der Waals surface area contributed by atoms with E-state index in [2.05, 4.69) is 30.2 Å². The highest BCUT2D eigenvalue weighted by Crippen LogP contribution is 2.40. The van der Waals surface area contributed by atoms with Crippen LogP contribution in [-0.2, 0) is 23.6 Å². The molecule has 0 unspecified atom stereocenters. The molecule has 8 heteroatoms. The largest absolute Gasteiger partial charge is 0.331 e. The lowest BCUT2D eigenvalue weighted by molar-refractivity contribution is 0.556. The number of fused-ring (bicyclic) bond motifs is 1. The molecule has 1 aliphatic rings. The highest BCUT2D eigenvalue weighted by Gasteiger charge is 2.28. The average Bonchev–Trinajstić information content (AvgIpc) is 3.40. The van der Waals surface area contributed by atoms with Crippen molar-refractivity contribution >= 4 is 37.0 Å². The molecular weight excluding hydrogens is 421 g/mol. The van der Waals surface area contributed by atoms with Crippen LogP contribution in [-0.4, -0.2) is 18.0 Å². The standard InChI is InChI=1S/C18H17BrFN3O2S/c1-23-16-7-2-11(8-15(16)22-18(23)12-3-4-12)10-21-26(24,25)17-9-13(19)5-6-14(17)20/h2,5-9,12,21H,3-4,10H2,1H3. The van der Waals surface area contributed by atoms with Gasteiger partial charge in [0.2, 0.25) is 10.0 Å². The van der Waals surface area contributed by atoms with Crippen molar-refractivity contribution < 1.29 is 12.8 Å². The van der Waals surface area contributed by atoms with Crippen molar-refractivity contribution in [3.05, 3.63) is 58.1 Å². The first-order chi connectivity index (χ1) is 12.3. The van der Waals surface area contributed by atoms with Crippen LogP contribution < -0.4 is 4.72 Å². The highest BCUT2D eigenvalue weighted by atomic mass is 79.9. The summed E-state index contributed by atoms with van der Waals surface area (Å²) >= 11 is 3.17. The first kappa shape index (κ1) is 17.6. The van der Waals surface area contributed by atoms with Crippen LogP contribution >= 0.6 is 15.9 Å². The van der Waals surface area contributed by atoms with E-state index in [0.29, 0.717) is 10.4 Å². The maximum atomic E-state index is 13.9. The smallest absolute Gasteiger partial charge is 0.243 e. The number of benzene rings is 2. The second-order valence-electron chi connectivity index (χ2n) is 6.53. The maximum absolute atomic E-state index is 13.9. The van der Waals surface area contributed by atoms with Gasteiger partial charge >= 0.3 is 0 Å². The maximum Gasteiger partial charge on any atom is 0.243 e. The molecule has 1 aliphatic carbocycles. The van der Waals surface area contributed by atoms with Crippen LogP contribution in [0, 0.1) is 5.82 Å². The van der Waals surface area contributed by atoms with Gasteiger partial charge in [0.05, 0.1) is 11.0 Å². The minimum atomic E-state index is -3.95. The molecule has 1 aromatic heterocycles. The summed E-state index contributed by atoms with van der Waals surface area (Å²) in [5, 5.41) is 0. The van der Waals surface area contributed by atoms with E-state index in [0.717, 1.165) is 28.5 Å². The summed E-state index contributed by atoms with van der Waals surface area (Å²) in [6, 6.07) is 9.51. The van der Waals surface area contributed by atoms with Crippen LogP contribution in [0.1, 0.15) is 30.1 Å². The molecule has 1 heterocycles. The monoisotopic (exact) mass is 437 g/mol. The quantitative estimate of drug-likeness (QED) is 0.659. The Labute approximate surface area is 159 Å². The first-order valence-corrected chi connectivity index (χ1v) is 10.5. The molecule has 1 fully saturated rings. The summed E-state index contributed by atoms with van der Waals surface area (Å²) in [5.41, 5.74) is 2.65. The second kappa shape index (κ2) is 6.44. The number of rotatable bonds is 5. The number of aromatic nitrogens is 2. The van der Waals surface area contributed by atoms with Gasteiger partial charge in [-0.1, -0.05) is 22.0 Å². The lowest BCUT2D eigenvalue weighted by Gasteiger charge is -2.08. The van der Waals surface area contributed by atoms with Gasteiger partial charge < -0.3 is 4.57 Å². The Morgan fingerprint density at radius 1 is 1.27 bits per heavy atom. The average molecular weight is 438 g/mol. The van der Waals surface area contributed by atoms with Gasteiger partial charge in [0, 0.05) is 24.0 Å². The fraction of sp³-hybridized carbons (Fsp3) is 0.278. The molecule has 0 atom stereocenters. The van der Waals surface area contributed by atoms with E-state index in [4.69, 9.17) is 0 Å². The Hall–Kier alpha value is -1.77. The zero-order valence-electron chi connectivity index (χ0n) is 14.0. The van der Waals surface area contributed by atoms with Gasteiger partial charge in [-0.25, -0.2) is 22.5 Å². The number of hydrogen-bond donors (Lipinski definition) is 1. The topological polar surface area (TPSA) is 64.0 Å². The number of aryl methyl sites for hydroxylation is 1. The van der Waals surface area contributed by atoms with E-state index in [1.54, 1.807) is 0 Å². The highest BCUT2D eigenvalue weighted by molar-refractivity contribution is 9.10. The summed E-state index contributed by atoms with van der Waals surface area (Å²) < 4.78 is 43.7. The summed E-state index contributed by atoms with van der Waals surface area (Å²) in [6.45, 7) is 0.0690. The van der Waals surface area contributed by atoms with Gasteiger partial charge in [0.15, 0.2) is 0 Å². The van der Waals surface area contributed by atoms with Gasteiger partial charge in [0.25, 0.3) is 0 Å². The van der Waals surface area contributed by atoms with Crippen LogP contribution in [0.25, 0.3) is 11.0 Å². The third-order valence-corrected chi connectivity index (χ3v) is 6.48. The van der Waals surface area contributed by atoms with Crippen molar-refractivity contribution in [1.29, 1.82) is 0 Å². The van der Waals surface area contributed by atoms with E-state index in [9.17, 15) is 12.8 Å². The van der Waals surface area contributed by atoms with Crippen molar-refractivity contribution in [2.24, 2.45) is 7.05 Å². The predicted octanol–water partition coefficient (Wildman–Crippen LogP) is 3.83. The van der Waals surface area contributed by atoms with Crippen LogP contribution in [0.15, 0.2) is 45.8 Å². The van der Waals surface area contributed by atoms with E-state index in [1.807, 2.05) is 25.2 Å². The molecule has 0 bridgehead atoms. The summed E-state index contributed by atoms with van der Waals surface area (Å²) in [7, 11) is -1.95. The summed E-state index contributed by atoms with van der Waals surface area (Å²) in [4.78, 5) is 4.31. The minimum absolute atomic E-state index is 0.0690. The molecule has 26 heavy (non-hydrogen) atoms. The fourth-order valence-corrected chi connectivity index (χ4v) is 4.65. The molecule has 2 aromatic carbocycles. The van der Waals surface area contributed by atoms with Crippen molar-refractivity contribution in [2.45, 2.75) is 30.2 Å². The second-order valence-corrected chi connectivity index (χ2v) is 9.18. The van der Waals surface area contributed by atoms with Crippen molar-refractivity contribution in [1.82, 2.24) is 14.3 Å². The van der Waals surface area contributed by atoms with Gasteiger partial charge in [-0.2, -0.15) is 0 Å². The summed E-state index contributed by atoms with van der Waals surface area (Å²) in [5.74, 6) is 0.831. The normalized spacial score (nSPS) is 14.9. The molecule has 136 valence electrons. The van der Waals surface area contributed by atoms with E-state index in [-0.39, 0.29) is 11.4 Å². The Bertz CT molecular complexity index is 1110. The number of imidazole rings is 1. The van der Waals surface area contributed by atoms with Crippen LogP contribution in [0.5, 0.6) is 0 Å². The molecule has 0 saturated heterocycles. The van der Waals surface area contributed by atoms with Crippen molar-refractivity contribution in [3.63, 3.8) is 0 Å². The molecule has 0 radical (unpaired) electrons. The number of halogens is 2. The third-order valence-electron chi connectivity index (χ3n) is 4.57. The van der Waals surface area contributed by atoms with E-state index < -0.39 is 15.8 Å². The van der Waals surface area contributed by atoms with E-state index >= 15 is 0 Å². The fourth-order valence-electron chi connectivity index (χ4n) is 3.02. The van der Waals surface area contributed by atoms with Gasteiger partial charge in [0.1, 0.15) is 16.5 Å². The van der Waals surface area contributed by atoms with Crippen LogP contribution in [0.2, 0.25) is 0 Å². The number of sulfonamides is 1. The molecule has 3 aromatic rings. The van der Waals surface area contributed by atoms with Gasteiger partial charge in [-0.3, -0.25) is 0 Å².